The molecule has 0 bridgehead atoms. The van der Waals surface area contributed by atoms with Gasteiger partial charge in [-0.1, -0.05) is 0 Å². The molecule has 5 nitrogen and oxygen atoms in total. The van der Waals surface area contributed by atoms with Gasteiger partial charge in [-0.15, -0.1) is 0 Å². The Kier molecular flexibility index (Phi) is 4.74. The highest BCUT2D eigenvalue weighted by Crippen LogP contribution is 2.25. The van der Waals surface area contributed by atoms with E-state index in [4.69, 9.17) is 9.47 Å². The van der Waals surface area contributed by atoms with Crippen LogP contribution in [0.5, 0.6) is 5.75 Å². The lowest BCUT2D eigenvalue weighted by molar-refractivity contribution is -0.128. The highest BCUT2D eigenvalue weighted by molar-refractivity contribution is 5.78. The van der Waals surface area contributed by atoms with Crippen molar-refractivity contribution in [1.29, 1.82) is 0 Å². The lowest BCUT2D eigenvalue weighted by atomic mass is 10.0. The molecule has 19 heavy (non-hydrogen) atoms. The van der Waals surface area contributed by atoms with Crippen molar-refractivity contribution in [2.75, 3.05) is 33.9 Å². The number of ether oxygens (including phenoxy) is 2. The number of rotatable bonds is 6. The van der Waals surface area contributed by atoms with E-state index in [0.29, 0.717) is 25.5 Å². The Bertz CT molecular complexity index is 436. The maximum atomic E-state index is 11.9. The second kappa shape index (κ2) is 6.52. The van der Waals surface area contributed by atoms with Crippen LogP contribution in [0.1, 0.15) is 12.1 Å². The molecule has 0 unspecified atom stereocenters. The number of hydrogen-bond donors (Lipinski definition) is 0. The van der Waals surface area contributed by atoms with Crippen molar-refractivity contribution in [1.82, 2.24) is 9.88 Å². The van der Waals surface area contributed by atoms with E-state index in [9.17, 15) is 4.79 Å². The van der Waals surface area contributed by atoms with Crippen molar-refractivity contribution in [3.05, 3.63) is 24.0 Å². The predicted molar refractivity (Wildman–Crippen MR) is 71.1 cm³/mol. The topological polar surface area (TPSA) is 51.7 Å². The summed E-state index contributed by atoms with van der Waals surface area (Å²) >= 11 is 0. The van der Waals surface area contributed by atoms with Gasteiger partial charge in [0, 0.05) is 32.8 Å². The molecule has 1 aromatic heterocycles. The van der Waals surface area contributed by atoms with Gasteiger partial charge in [-0.3, -0.25) is 9.78 Å². The first-order chi connectivity index (χ1) is 9.24. The minimum atomic E-state index is 0.206. The van der Waals surface area contributed by atoms with Crippen molar-refractivity contribution in [3.8, 4) is 5.75 Å². The minimum absolute atomic E-state index is 0.206. The maximum Gasteiger partial charge on any atom is 0.223 e. The first-order valence-corrected chi connectivity index (χ1v) is 6.49. The summed E-state index contributed by atoms with van der Waals surface area (Å²) < 4.78 is 10.3. The molecule has 0 radical (unpaired) electrons. The SMILES string of the molecule is COCCN1C[C@H](Cc2ncccc2OC)CC1=O. The lowest BCUT2D eigenvalue weighted by Gasteiger charge is -2.16. The van der Waals surface area contributed by atoms with Gasteiger partial charge >= 0.3 is 0 Å². The summed E-state index contributed by atoms with van der Waals surface area (Å²) in [7, 11) is 3.29. The molecule has 104 valence electrons. The first-order valence-electron chi connectivity index (χ1n) is 6.49. The van der Waals surface area contributed by atoms with E-state index in [1.807, 2.05) is 17.0 Å². The second-order valence-corrected chi connectivity index (χ2v) is 4.76. The zero-order chi connectivity index (χ0) is 13.7. The Morgan fingerprint density at radius 3 is 3.05 bits per heavy atom. The van der Waals surface area contributed by atoms with Gasteiger partial charge in [-0.2, -0.15) is 0 Å². The number of carbonyl (C=O) groups is 1. The number of pyridine rings is 1. The molecule has 1 aromatic rings. The van der Waals surface area contributed by atoms with Gasteiger partial charge in [0.2, 0.25) is 5.91 Å². The third-order valence-electron chi connectivity index (χ3n) is 3.41. The molecule has 0 saturated carbocycles. The normalized spacial score (nSPS) is 18.9. The van der Waals surface area contributed by atoms with E-state index < -0.39 is 0 Å². The van der Waals surface area contributed by atoms with E-state index in [-0.39, 0.29) is 5.91 Å². The molecule has 2 heterocycles. The van der Waals surface area contributed by atoms with Crippen LogP contribution in [0.4, 0.5) is 0 Å². The van der Waals surface area contributed by atoms with Crippen molar-refractivity contribution < 1.29 is 14.3 Å². The predicted octanol–water partition coefficient (Wildman–Crippen LogP) is 1.13. The summed E-state index contributed by atoms with van der Waals surface area (Å²) in [6.45, 7) is 2.04. The van der Waals surface area contributed by atoms with Gasteiger partial charge in [-0.05, 0) is 24.5 Å². The van der Waals surface area contributed by atoms with E-state index in [0.717, 1.165) is 24.4 Å². The monoisotopic (exact) mass is 264 g/mol. The van der Waals surface area contributed by atoms with Crippen LogP contribution in [0.25, 0.3) is 0 Å². The summed E-state index contributed by atoms with van der Waals surface area (Å²) in [4.78, 5) is 18.1. The summed E-state index contributed by atoms with van der Waals surface area (Å²) in [5.41, 5.74) is 0.927. The summed E-state index contributed by atoms with van der Waals surface area (Å²) in [5, 5.41) is 0. The van der Waals surface area contributed by atoms with Gasteiger partial charge < -0.3 is 14.4 Å². The van der Waals surface area contributed by atoms with Gasteiger partial charge in [0.1, 0.15) is 5.75 Å². The molecule has 1 atom stereocenters. The fraction of sp³-hybridized carbons (Fsp3) is 0.571. The Hall–Kier alpha value is -1.62. The summed E-state index contributed by atoms with van der Waals surface area (Å²) in [6.07, 6.45) is 3.12. The molecule has 1 fully saturated rings. The van der Waals surface area contributed by atoms with Crippen molar-refractivity contribution in [2.45, 2.75) is 12.8 Å². The number of amides is 1. The quantitative estimate of drug-likeness (QED) is 0.773. The standard InChI is InChI=1S/C14H20N2O3/c1-18-7-6-16-10-11(9-14(16)17)8-12-13(19-2)4-3-5-15-12/h3-5,11H,6-10H2,1-2H3/t11-/m1/s1. The van der Waals surface area contributed by atoms with Crippen LogP contribution in [0.3, 0.4) is 0 Å². The van der Waals surface area contributed by atoms with Crippen LogP contribution in [0, 0.1) is 5.92 Å². The first kappa shape index (κ1) is 13.8. The fourth-order valence-corrected chi connectivity index (χ4v) is 2.44. The van der Waals surface area contributed by atoms with Crippen molar-refractivity contribution in [2.24, 2.45) is 5.92 Å². The largest absolute Gasteiger partial charge is 0.495 e. The molecular weight excluding hydrogens is 244 g/mol. The van der Waals surface area contributed by atoms with Gasteiger partial charge in [0.05, 0.1) is 19.4 Å². The smallest absolute Gasteiger partial charge is 0.223 e. The molecule has 1 aliphatic heterocycles. The molecular formula is C14H20N2O3. The number of methoxy groups -OCH3 is 2. The van der Waals surface area contributed by atoms with Crippen LogP contribution in [-0.2, 0) is 16.0 Å². The van der Waals surface area contributed by atoms with E-state index in [1.165, 1.54) is 0 Å². The van der Waals surface area contributed by atoms with Crippen LogP contribution < -0.4 is 4.74 Å². The number of likely N-dealkylation sites (tertiary alicyclic amines) is 1. The molecule has 0 spiro atoms. The molecule has 5 heteroatoms. The average molecular weight is 264 g/mol. The summed E-state index contributed by atoms with van der Waals surface area (Å²) in [5.74, 6) is 1.32. The zero-order valence-corrected chi connectivity index (χ0v) is 11.5. The van der Waals surface area contributed by atoms with Crippen LogP contribution in [0.15, 0.2) is 18.3 Å². The van der Waals surface area contributed by atoms with E-state index in [2.05, 4.69) is 4.98 Å². The van der Waals surface area contributed by atoms with Crippen molar-refractivity contribution in [3.63, 3.8) is 0 Å². The minimum Gasteiger partial charge on any atom is -0.495 e. The summed E-state index contributed by atoms with van der Waals surface area (Å²) in [6, 6.07) is 3.76. The van der Waals surface area contributed by atoms with Gasteiger partial charge in [0.15, 0.2) is 0 Å². The van der Waals surface area contributed by atoms with E-state index in [1.54, 1.807) is 20.4 Å². The van der Waals surface area contributed by atoms with Crippen LogP contribution in [0.2, 0.25) is 0 Å². The Morgan fingerprint density at radius 1 is 1.47 bits per heavy atom. The van der Waals surface area contributed by atoms with Crippen LogP contribution in [-0.4, -0.2) is 49.7 Å². The van der Waals surface area contributed by atoms with Gasteiger partial charge in [-0.25, -0.2) is 0 Å². The Morgan fingerprint density at radius 2 is 2.32 bits per heavy atom. The molecule has 2 rings (SSSR count). The lowest BCUT2D eigenvalue weighted by Crippen LogP contribution is -2.29. The molecule has 0 aliphatic carbocycles. The highest BCUT2D eigenvalue weighted by Gasteiger charge is 2.30. The molecule has 1 saturated heterocycles. The fourth-order valence-electron chi connectivity index (χ4n) is 2.44. The molecule has 1 aliphatic rings. The number of nitrogens with zero attached hydrogens (tertiary/aromatic N) is 2. The third-order valence-corrected chi connectivity index (χ3v) is 3.41. The van der Waals surface area contributed by atoms with Crippen LogP contribution >= 0.6 is 0 Å². The Labute approximate surface area is 113 Å². The molecule has 0 aromatic carbocycles. The van der Waals surface area contributed by atoms with E-state index >= 15 is 0 Å². The van der Waals surface area contributed by atoms with Gasteiger partial charge in [0.25, 0.3) is 0 Å². The second-order valence-electron chi connectivity index (χ2n) is 4.76. The number of carbonyl (C=O) groups excluding carboxylic acids is 1. The highest BCUT2D eigenvalue weighted by atomic mass is 16.5. The third kappa shape index (κ3) is 3.44. The molecule has 1 amide bonds. The number of aromatic nitrogens is 1. The molecule has 0 N–H and O–H groups in total. The maximum absolute atomic E-state index is 11.9. The zero-order valence-electron chi connectivity index (χ0n) is 11.5. The number of hydrogen-bond acceptors (Lipinski definition) is 4. The van der Waals surface area contributed by atoms with Crippen molar-refractivity contribution >= 4 is 5.91 Å². The average Bonchev–Trinajstić information content (AvgIpc) is 2.77. The Balaban J connectivity index is 1.95.